The van der Waals surface area contributed by atoms with Gasteiger partial charge < -0.3 is 15.7 Å². The van der Waals surface area contributed by atoms with E-state index in [4.69, 9.17) is 5.73 Å². The number of rotatable bonds is 3. The standard InChI is InChI=1S/C17H15F2N3O3/c18-10-2-3-13(19)12(5-10)15-6-11(23)8-22(15)17(25)9-1-4-14(16(20)24)21-7-9/h1-5,7,11,15,23H,6,8H2,(H2,20,24)/t11-,15-/m1/s1. The highest BCUT2D eigenvalue weighted by Crippen LogP contribution is 2.35. The second-order valence-corrected chi connectivity index (χ2v) is 5.83. The van der Waals surface area contributed by atoms with E-state index in [-0.39, 0.29) is 29.8 Å². The number of pyridine rings is 1. The zero-order chi connectivity index (χ0) is 18.1. The van der Waals surface area contributed by atoms with E-state index >= 15 is 0 Å². The van der Waals surface area contributed by atoms with Gasteiger partial charge in [0.15, 0.2) is 0 Å². The number of nitrogens with zero attached hydrogens (tertiary/aromatic N) is 2. The van der Waals surface area contributed by atoms with Crippen molar-refractivity contribution in [3.05, 3.63) is 65.0 Å². The van der Waals surface area contributed by atoms with Crippen LogP contribution >= 0.6 is 0 Å². The Hall–Kier alpha value is -2.87. The van der Waals surface area contributed by atoms with Gasteiger partial charge in [0.1, 0.15) is 17.3 Å². The van der Waals surface area contributed by atoms with E-state index in [9.17, 15) is 23.5 Å². The highest BCUT2D eigenvalue weighted by atomic mass is 19.1. The third-order valence-corrected chi connectivity index (χ3v) is 4.12. The molecule has 6 nitrogen and oxygen atoms in total. The van der Waals surface area contributed by atoms with Crippen LogP contribution in [0.1, 0.15) is 38.9 Å². The topological polar surface area (TPSA) is 96.5 Å². The van der Waals surface area contributed by atoms with Gasteiger partial charge in [0.05, 0.1) is 17.7 Å². The van der Waals surface area contributed by atoms with Crippen molar-refractivity contribution in [2.45, 2.75) is 18.6 Å². The zero-order valence-corrected chi connectivity index (χ0v) is 13.0. The summed E-state index contributed by atoms with van der Waals surface area (Å²) in [4.78, 5) is 28.8. The maximum atomic E-state index is 14.1. The average Bonchev–Trinajstić information content (AvgIpc) is 2.98. The molecule has 1 saturated heterocycles. The van der Waals surface area contributed by atoms with Gasteiger partial charge in [0.2, 0.25) is 0 Å². The third-order valence-electron chi connectivity index (χ3n) is 4.12. The first-order chi connectivity index (χ1) is 11.9. The van der Waals surface area contributed by atoms with Gasteiger partial charge >= 0.3 is 0 Å². The summed E-state index contributed by atoms with van der Waals surface area (Å²) in [6.07, 6.45) is 0.430. The number of amides is 2. The monoisotopic (exact) mass is 347 g/mol. The van der Waals surface area contributed by atoms with Crippen LogP contribution in [-0.4, -0.2) is 39.5 Å². The predicted octanol–water partition coefficient (Wildman–Crippen LogP) is 1.41. The molecule has 0 bridgehead atoms. The SMILES string of the molecule is NC(=O)c1ccc(C(=O)N2C[C@H](O)C[C@@H]2c2cc(F)ccc2F)cn1. The number of aliphatic hydroxyl groups is 1. The Morgan fingerprint density at radius 1 is 1.24 bits per heavy atom. The highest BCUT2D eigenvalue weighted by molar-refractivity contribution is 5.96. The zero-order valence-electron chi connectivity index (χ0n) is 13.0. The first-order valence-electron chi connectivity index (χ1n) is 7.56. The number of likely N-dealkylation sites (tertiary alicyclic amines) is 1. The summed E-state index contributed by atoms with van der Waals surface area (Å²) in [7, 11) is 0. The minimum absolute atomic E-state index is 0.00531. The van der Waals surface area contributed by atoms with Gasteiger partial charge in [-0.25, -0.2) is 8.78 Å². The minimum Gasteiger partial charge on any atom is -0.391 e. The van der Waals surface area contributed by atoms with Crippen LogP contribution in [0.15, 0.2) is 36.5 Å². The number of carbonyl (C=O) groups is 2. The number of halogens is 2. The second kappa shape index (κ2) is 6.56. The van der Waals surface area contributed by atoms with E-state index in [1.807, 2.05) is 0 Å². The third kappa shape index (κ3) is 3.34. The number of hydrogen-bond acceptors (Lipinski definition) is 4. The van der Waals surface area contributed by atoms with Gasteiger partial charge in [0.25, 0.3) is 11.8 Å². The molecule has 3 rings (SSSR count). The number of aliphatic hydroxyl groups excluding tert-OH is 1. The molecule has 2 aromatic rings. The van der Waals surface area contributed by atoms with Crippen molar-refractivity contribution in [2.24, 2.45) is 5.73 Å². The van der Waals surface area contributed by atoms with Gasteiger partial charge in [0, 0.05) is 18.3 Å². The molecule has 8 heteroatoms. The molecule has 130 valence electrons. The summed E-state index contributed by atoms with van der Waals surface area (Å²) in [5.41, 5.74) is 5.27. The van der Waals surface area contributed by atoms with Crippen molar-refractivity contribution in [1.82, 2.24) is 9.88 Å². The lowest BCUT2D eigenvalue weighted by Crippen LogP contribution is -2.32. The molecule has 0 unspecified atom stereocenters. The molecule has 0 spiro atoms. The Morgan fingerprint density at radius 2 is 2.00 bits per heavy atom. The first kappa shape index (κ1) is 17.0. The van der Waals surface area contributed by atoms with Crippen LogP contribution in [0, 0.1) is 11.6 Å². The fraction of sp³-hybridized carbons (Fsp3) is 0.235. The molecule has 1 aliphatic heterocycles. The molecule has 1 aromatic heterocycles. The quantitative estimate of drug-likeness (QED) is 0.877. The second-order valence-electron chi connectivity index (χ2n) is 5.83. The van der Waals surface area contributed by atoms with Crippen LogP contribution in [0.2, 0.25) is 0 Å². The largest absolute Gasteiger partial charge is 0.391 e. The normalized spacial score (nSPS) is 19.9. The fourth-order valence-electron chi connectivity index (χ4n) is 2.94. The van der Waals surface area contributed by atoms with E-state index in [0.29, 0.717) is 0 Å². The summed E-state index contributed by atoms with van der Waals surface area (Å²) in [6.45, 7) is -0.0168. The lowest BCUT2D eigenvalue weighted by atomic mass is 10.0. The van der Waals surface area contributed by atoms with E-state index in [0.717, 1.165) is 18.2 Å². The number of β-amino-alcohol motifs (C(OH)–C–C–N with tert-alkyl or cyclic N) is 1. The lowest BCUT2D eigenvalue weighted by Gasteiger charge is -2.25. The summed E-state index contributed by atoms with van der Waals surface area (Å²) >= 11 is 0. The van der Waals surface area contributed by atoms with Gasteiger partial charge in [-0.1, -0.05) is 0 Å². The number of hydrogen-bond donors (Lipinski definition) is 2. The van der Waals surface area contributed by atoms with Crippen molar-refractivity contribution >= 4 is 11.8 Å². The molecule has 1 fully saturated rings. The lowest BCUT2D eigenvalue weighted by molar-refractivity contribution is 0.0712. The molecule has 0 aliphatic carbocycles. The van der Waals surface area contributed by atoms with E-state index in [2.05, 4.69) is 4.98 Å². The molecular weight excluding hydrogens is 332 g/mol. The van der Waals surface area contributed by atoms with Gasteiger partial charge in [-0.3, -0.25) is 14.6 Å². The molecule has 1 aliphatic rings. The van der Waals surface area contributed by atoms with E-state index < -0.39 is 35.6 Å². The minimum atomic E-state index is -0.852. The number of nitrogens with two attached hydrogens (primary N) is 1. The van der Waals surface area contributed by atoms with Crippen LogP contribution in [0.5, 0.6) is 0 Å². The van der Waals surface area contributed by atoms with Gasteiger partial charge in [-0.15, -0.1) is 0 Å². The van der Waals surface area contributed by atoms with Gasteiger partial charge in [-0.2, -0.15) is 0 Å². The Morgan fingerprint density at radius 3 is 2.64 bits per heavy atom. The van der Waals surface area contributed by atoms with Gasteiger partial charge in [-0.05, 0) is 36.8 Å². The van der Waals surface area contributed by atoms with Crippen molar-refractivity contribution in [1.29, 1.82) is 0 Å². The molecule has 3 N–H and O–H groups in total. The first-order valence-corrected chi connectivity index (χ1v) is 7.56. The predicted molar refractivity (Wildman–Crippen MR) is 83.5 cm³/mol. The molecule has 0 radical (unpaired) electrons. The summed E-state index contributed by atoms with van der Waals surface area (Å²) in [6, 6.07) is 4.88. The van der Waals surface area contributed by atoms with Crippen LogP contribution in [-0.2, 0) is 0 Å². The number of carbonyl (C=O) groups excluding carboxylic acids is 2. The molecular formula is C17H15F2N3O3. The maximum Gasteiger partial charge on any atom is 0.267 e. The molecule has 2 heterocycles. The number of benzene rings is 1. The fourth-order valence-corrected chi connectivity index (χ4v) is 2.94. The average molecular weight is 347 g/mol. The van der Waals surface area contributed by atoms with Crippen molar-refractivity contribution < 1.29 is 23.5 Å². The smallest absolute Gasteiger partial charge is 0.267 e. The van der Waals surface area contributed by atoms with Crippen molar-refractivity contribution in [3.63, 3.8) is 0 Å². The van der Waals surface area contributed by atoms with E-state index in [1.165, 1.54) is 23.2 Å². The molecule has 2 atom stereocenters. The highest BCUT2D eigenvalue weighted by Gasteiger charge is 2.37. The molecule has 0 saturated carbocycles. The van der Waals surface area contributed by atoms with Crippen LogP contribution in [0.4, 0.5) is 8.78 Å². The maximum absolute atomic E-state index is 14.1. The molecule has 1 aromatic carbocycles. The Kier molecular flexibility index (Phi) is 4.45. The molecule has 25 heavy (non-hydrogen) atoms. The Bertz CT molecular complexity index is 826. The van der Waals surface area contributed by atoms with Crippen LogP contribution in [0.3, 0.4) is 0 Å². The van der Waals surface area contributed by atoms with Crippen LogP contribution < -0.4 is 5.73 Å². The Balaban J connectivity index is 1.92. The summed E-state index contributed by atoms with van der Waals surface area (Å²) < 4.78 is 27.6. The summed E-state index contributed by atoms with van der Waals surface area (Å²) in [5, 5.41) is 9.92. The molecule has 2 amide bonds. The Labute approximate surface area is 141 Å². The van der Waals surface area contributed by atoms with Crippen molar-refractivity contribution in [3.8, 4) is 0 Å². The van der Waals surface area contributed by atoms with Crippen LogP contribution in [0.25, 0.3) is 0 Å². The van der Waals surface area contributed by atoms with E-state index in [1.54, 1.807) is 0 Å². The number of primary amides is 1. The number of aromatic nitrogens is 1. The summed E-state index contributed by atoms with van der Waals surface area (Å²) in [5.74, 6) is -2.51. The van der Waals surface area contributed by atoms with Crippen molar-refractivity contribution in [2.75, 3.05) is 6.54 Å².